The lowest BCUT2D eigenvalue weighted by Gasteiger charge is -2.21. The molecule has 1 amide bonds. The summed E-state index contributed by atoms with van der Waals surface area (Å²) in [5.41, 5.74) is 1.66. The molecule has 20 heavy (non-hydrogen) atoms. The van der Waals surface area contributed by atoms with E-state index in [4.69, 9.17) is 5.14 Å². The normalized spacial score (nSPS) is 17.8. The van der Waals surface area contributed by atoms with Gasteiger partial charge in [0.25, 0.3) is 16.1 Å². The van der Waals surface area contributed by atoms with Gasteiger partial charge in [-0.3, -0.25) is 4.79 Å². The van der Waals surface area contributed by atoms with Crippen molar-refractivity contribution in [2.24, 2.45) is 5.14 Å². The summed E-state index contributed by atoms with van der Waals surface area (Å²) in [7, 11) is -3.67. The number of amides is 1. The van der Waals surface area contributed by atoms with Crippen molar-refractivity contribution in [3.8, 4) is 0 Å². The molecule has 0 atom stereocenters. The minimum absolute atomic E-state index is 0.0648. The van der Waals surface area contributed by atoms with Crippen LogP contribution in [0.15, 0.2) is 24.3 Å². The SMILES string of the molecule is Cc1cccc(C(=O)N2CCCN(S(N)(=O)=O)CC2)c1. The van der Waals surface area contributed by atoms with E-state index in [1.807, 2.05) is 25.1 Å². The number of hydrogen-bond donors (Lipinski definition) is 1. The average molecular weight is 297 g/mol. The van der Waals surface area contributed by atoms with E-state index < -0.39 is 10.2 Å². The number of carbonyl (C=O) groups is 1. The molecule has 2 rings (SSSR count). The maximum absolute atomic E-state index is 12.4. The summed E-state index contributed by atoms with van der Waals surface area (Å²) in [5.74, 6) is -0.0648. The van der Waals surface area contributed by atoms with Gasteiger partial charge in [0.2, 0.25) is 0 Å². The molecule has 0 saturated carbocycles. The summed E-state index contributed by atoms with van der Waals surface area (Å²) in [5, 5.41) is 5.13. The van der Waals surface area contributed by atoms with Crippen molar-refractivity contribution in [1.82, 2.24) is 9.21 Å². The van der Waals surface area contributed by atoms with Gasteiger partial charge in [-0.15, -0.1) is 0 Å². The molecule has 1 saturated heterocycles. The minimum atomic E-state index is -3.67. The zero-order chi connectivity index (χ0) is 14.8. The van der Waals surface area contributed by atoms with Crippen molar-refractivity contribution in [3.63, 3.8) is 0 Å². The number of nitrogens with zero attached hydrogens (tertiary/aromatic N) is 2. The topological polar surface area (TPSA) is 83.7 Å². The van der Waals surface area contributed by atoms with Gasteiger partial charge in [0.05, 0.1) is 0 Å². The van der Waals surface area contributed by atoms with Crippen molar-refractivity contribution in [1.29, 1.82) is 0 Å². The van der Waals surface area contributed by atoms with Gasteiger partial charge in [0.1, 0.15) is 0 Å². The maximum Gasteiger partial charge on any atom is 0.276 e. The molecule has 1 aliphatic rings. The fraction of sp³-hybridized carbons (Fsp3) is 0.462. The van der Waals surface area contributed by atoms with Crippen LogP contribution in [-0.4, -0.2) is 49.7 Å². The molecule has 1 heterocycles. The van der Waals surface area contributed by atoms with Gasteiger partial charge >= 0.3 is 0 Å². The van der Waals surface area contributed by atoms with Crippen molar-refractivity contribution in [2.75, 3.05) is 26.2 Å². The Bertz CT molecular complexity index is 601. The van der Waals surface area contributed by atoms with Crippen molar-refractivity contribution >= 4 is 16.1 Å². The summed E-state index contributed by atoms with van der Waals surface area (Å²) in [6, 6.07) is 7.39. The number of carbonyl (C=O) groups excluding carboxylic acids is 1. The van der Waals surface area contributed by atoms with Gasteiger partial charge in [-0.1, -0.05) is 17.7 Å². The predicted molar refractivity (Wildman–Crippen MR) is 76.4 cm³/mol. The Hall–Kier alpha value is -1.44. The summed E-state index contributed by atoms with van der Waals surface area (Å²) in [4.78, 5) is 14.1. The lowest BCUT2D eigenvalue weighted by molar-refractivity contribution is 0.0764. The standard InChI is InChI=1S/C13H19N3O3S/c1-11-4-2-5-12(10-11)13(17)15-6-3-7-16(9-8-15)20(14,18)19/h2,4-5,10H,3,6-9H2,1H3,(H2,14,18,19). The molecule has 2 N–H and O–H groups in total. The molecule has 0 bridgehead atoms. The number of benzene rings is 1. The molecule has 1 fully saturated rings. The highest BCUT2D eigenvalue weighted by Gasteiger charge is 2.24. The average Bonchev–Trinajstić information content (AvgIpc) is 2.63. The van der Waals surface area contributed by atoms with Crippen LogP contribution >= 0.6 is 0 Å². The van der Waals surface area contributed by atoms with E-state index in [9.17, 15) is 13.2 Å². The molecule has 0 unspecified atom stereocenters. The zero-order valence-corrected chi connectivity index (χ0v) is 12.3. The molecule has 0 aromatic heterocycles. The number of aryl methyl sites for hydroxylation is 1. The first-order chi connectivity index (χ1) is 9.38. The monoisotopic (exact) mass is 297 g/mol. The largest absolute Gasteiger partial charge is 0.337 e. The van der Waals surface area contributed by atoms with Crippen LogP contribution < -0.4 is 5.14 Å². The van der Waals surface area contributed by atoms with Gasteiger partial charge in [-0.05, 0) is 25.5 Å². The molecule has 7 heteroatoms. The van der Waals surface area contributed by atoms with Gasteiger partial charge in [0.15, 0.2) is 0 Å². The lowest BCUT2D eigenvalue weighted by Crippen LogP contribution is -2.40. The van der Waals surface area contributed by atoms with Crippen molar-refractivity contribution in [3.05, 3.63) is 35.4 Å². The summed E-state index contributed by atoms with van der Waals surface area (Å²) in [6.07, 6.45) is 0.591. The Balaban J connectivity index is 2.09. The molecule has 0 spiro atoms. The van der Waals surface area contributed by atoms with E-state index in [1.165, 1.54) is 4.31 Å². The fourth-order valence-electron chi connectivity index (χ4n) is 2.31. The third-order valence-electron chi connectivity index (χ3n) is 3.37. The van der Waals surface area contributed by atoms with E-state index in [0.29, 0.717) is 31.6 Å². The quantitative estimate of drug-likeness (QED) is 0.854. The number of rotatable bonds is 2. The lowest BCUT2D eigenvalue weighted by atomic mass is 10.1. The van der Waals surface area contributed by atoms with E-state index in [-0.39, 0.29) is 12.5 Å². The van der Waals surface area contributed by atoms with Gasteiger partial charge in [-0.2, -0.15) is 12.7 Å². The highest BCUT2D eigenvalue weighted by Crippen LogP contribution is 2.11. The van der Waals surface area contributed by atoms with Crippen LogP contribution in [-0.2, 0) is 10.2 Å². The Labute approximate surface area is 119 Å². The smallest absolute Gasteiger partial charge is 0.276 e. The first kappa shape index (κ1) is 15.0. The molecule has 1 aliphatic heterocycles. The van der Waals surface area contributed by atoms with E-state index in [1.54, 1.807) is 11.0 Å². The second-order valence-corrected chi connectivity index (χ2v) is 6.51. The van der Waals surface area contributed by atoms with Crippen molar-refractivity contribution in [2.45, 2.75) is 13.3 Å². The van der Waals surface area contributed by atoms with E-state index in [0.717, 1.165) is 5.56 Å². The fourth-order valence-corrected chi connectivity index (χ4v) is 3.03. The molecule has 0 aliphatic carbocycles. The summed E-state index contributed by atoms with van der Waals surface area (Å²) in [6.45, 7) is 3.44. The van der Waals surface area contributed by atoms with Crippen molar-refractivity contribution < 1.29 is 13.2 Å². The Kier molecular flexibility index (Phi) is 4.42. The number of nitrogens with two attached hydrogens (primary N) is 1. The van der Waals surface area contributed by atoms with Crippen LogP contribution in [0, 0.1) is 6.92 Å². The highest BCUT2D eigenvalue weighted by molar-refractivity contribution is 7.86. The van der Waals surface area contributed by atoms with Crippen LogP contribution in [0.2, 0.25) is 0 Å². The number of hydrogen-bond acceptors (Lipinski definition) is 3. The van der Waals surface area contributed by atoms with Crippen LogP contribution in [0.1, 0.15) is 22.3 Å². The van der Waals surface area contributed by atoms with Crippen LogP contribution in [0.4, 0.5) is 0 Å². The summed E-state index contributed by atoms with van der Waals surface area (Å²) >= 11 is 0. The third-order valence-corrected chi connectivity index (χ3v) is 4.45. The van der Waals surface area contributed by atoms with Crippen LogP contribution in [0.5, 0.6) is 0 Å². The molecular weight excluding hydrogens is 278 g/mol. The molecule has 1 aromatic carbocycles. The molecule has 6 nitrogen and oxygen atoms in total. The zero-order valence-electron chi connectivity index (χ0n) is 11.4. The highest BCUT2D eigenvalue weighted by atomic mass is 32.2. The Morgan fingerprint density at radius 1 is 1.20 bits per heavy atom. The first-order valence-electron chi connectivity index (χ1n) is 6.52. The molecular formula is C13H19N3O3S. The van der Waals surface area contributed by atoms with Gasteiger partial charge in [-0.25, -0.2) is 5.14 Å². The molecule has 110 valence electrons. The predicted octanol–water partition coefficient (Wildman–Crippen LogP) is 0.346. The van der Waals surface area contributed by atoms with Gasteiger partial charge in [0, 0.05) is 31.7 Å². The maximum atomic E-state index is 12.4. The first-order valence-corrected chi connectivity index (χ1v) is 8.02. The minimum Gasteiger partial charge on any atom is -0.337 e. The Morgan fingerprint density at radius 2 is 1.95 bits per heavy atom. The Morgan fingerprint density at radius 3 is 2.60 bits per heavy atom. The molecule has 0 radical (unpaired) electrons. The van der Waals surface area contributed by atoms with E-state index in [2.05, 4.69) is 0 Å². The summed E-state index contributed by atoms with van der Waals surface area (Å²) < 4.78 is 23.9. The third kappa shape index (κ3) is 3.56. The van der Waals surface area contributed by atoms with Crippen LogP contribution in [0.3, 0.4) is 0 Å². The second-order valence-electron chi connectivity index (χ2n) is 4.96. The van der Waals surface area contributed by atoms with Crippen LogP contribution in [0.25, 0.3) is 0 Å². The van der Waals surface area contributed by atoms with E-state index >= 15 is 0 Å². The molecule has 1 aromatic rings. The van der Waals surface area contributed by atoms with Gasteiger partial charge < -0.3 is 4.90 Å². The second kappa shape index (κ2) is 5.90.